The lowest BCUT2D eigenvalue weighted by atomic mass is 10.2. The van der Waals surface area contributed by atoms with Crippen LogP contribution in [0.4, 0.5) is 11.5 Å². The van der Waals surface area contributed by atoms with Gasteiger partial charge in [0.2, 0.25) is 0 Å². The van der Waals surface area contributed by atoms with Gasteiger partial charge >= 0.3 is 0 Å². The second-order valence-electron chi connectivity index (χ2n) is 4.15. The molecule has 1 heterocycles. The number of hydrogen-bond acceptors (Lipinski definition) is 4. The van der Waals surface area contributed by atoms with Crippen molar-refractivity contribution in [3.05, 3.63) is 34.5 Å². The van der Waals surface area contributed by atoms with E-state index in [1.165, 1.54) is 18.3 Å². The molecule has 2 aromatic rings. The monoisotopic (exact) mass is 300 g/mol. The van der Waals surface area contributed by atoms with Gasteiger partial charge in [-0.1, -0.05) is 11.6 Å². The number of nitrogen functional groups attached to an aromatic ring is 1. The maximum Gasteiger partial charge on any atom is 0.263 e. The number of nitrogens with two attached hydrogens (primary N) is 1. The maximum atomic E-state index is 12.2. The highest BCUT2D eigenvalue weighted by molar-refractivity contribution is 7.92. The molecule has 0 fully saturated rings. The summed E-state index contributed by atoms with van der Waals surface area (Å²) in [4.78, 5) is 0.00889. The van der Waals surface area contributed by atoms with E-state index in [0.29, 0.717) is 27.7 Å². The van der Waals surface area contributed by atoms with Crippen LogP contribution in [0.25, 0.3) is 0 Å². The number of aromatic amines is 1. The number of nitrogens with one attached hydrogen (secondary N) is 2. The Morgan fingerprint density at radius 2 is 2.05 bits per heavy atom. The summed E-state index contributed by atoms with van der Waals surface area (Å²) < 4.78 is 26.8. The predicted octanol–water partition coefficient (Wildman–Crippen LogP) is 2.06. The number of halogens is 1. The third kappa shape index (κ3) is 2.66. The molecule has 19 heavy (non-hydrogen) atoms. The SMILES string of the molecule is Cc1cn[nH]c1NS(=O)(=O)c1cc(N)c(C)c(Cl)c1. The van der Waals surface area contributed by atoms with E-state index in [2.05, 4.69) is 14.9 Å². The Morgan fingerprint density at radius 1 is 1.37 bits per heavy atom. The zero-order valence-corrected chi connectivity index (χ0v) is 11.9. The quantitative estimate of drug-likeness (QED) is 0.755. The molecular formula is C11H13ClN4O2S. The van der Waals surface area contributed by atoms with Gasteiger partial charge in [0.1, 0.15) is 5.82 Å². The predicted molar refractivity (Wildman–Crippen MR) is 74.7 cm³/mol. The van der Waals surface area contributed by atoms with E-state index in [4.69, 9.17) is 17.3 Å². The molecule has 2 rings (SSSR count). The highest BCUT2D eigenvalue weighted by Gasteiger charge is 2.18. The van der Waals surface area contributed by atoms with Gasteiger partial charge in [-0.3, -0.25) is 9.82 Å². The third-order valence-corrected chi connectivity index (χ3v) is 4.46. The molecule has 8 heteroatoms. The van der Waals surface area contributed by atoms with E-state index in [0.717, 1.165) is 0 Å². The summed E-state index contributed by atoms with van der Waals surface area (Å²) in [5.41, 5.74) is 7.39. The molecule has 0 radical (unpaired) electrons. The van der Waals surface area contributed by atoms with Crippen molar-refractivity contribution < 1.29 is 8.42 Å². The average molecular weight is 301 g/mol. The highest BCUT2D eigenvalue weighted by atomic mass is 35.5. The standard InChI is InChI=1S/C11H13ClN4O2S/c1-6-5-14-15-11(6)16-19(17,18)8-3-9(12)7(2)10(13)4-8/h3-5H,13H2,1-2H3,(H2,14,15,16). The highest BCUT2D eigenvalue weighted by Crippen LogP contribution is 2.27. The fraction of sp³-hybridized carbons (Fsp3) is 0.182. The number of H-pyrrole nitrogens is 1. The molecule has 4 N–H and O–H groups in total. The first kappa shape index (κ1) is 13.7. The molecule has 0 unspecified atom stereocenters. The fourth-order valence-corrected chi connectivity index (χ4v) is 2.91. The van der Waals surface area contributed by atoms with E-state index in [1.54, 1.807) is 13.8 Å². The number of aryl methyl sites for hydroxylation is 1. The van der Waals surface area contributed by atoms with Gasteiger partial charge in [0.15, 0.2) is 0 Å². The molecule has 102 valence electrons. The van der Waals surface area contributed by atoms with Crippen LogP contribution in [0, 0.1) is 13.8 Å². The first-order valence-corrected chi connectivity index (χ1v) is 7.26. The van der Waals surface area contributed by atoms with Crippen molar-refractivity contribution in [3.8, 4) is 0 Å². The van der Waals surface area contributed by atoms with E-state index in [-0.39, 0.29) is 4.90 Å². The van der Waals surface area contributed by atoms with Crippen LogP contribution in [0.1, 0.15) is 11.1 Å². The fourth-order valence-electron chi connectivity index (χ4n) is 1.47. The Kier molecular flexibility index (Phi) is 3.42. The van der Waals surface area contributed by atoms with Gasteiger partial charge in [-0.25, -0.2) is 8.42 Å². The maximum absolute atomic E-state index is 12.2. The van der Waals surface area contributed by atoms with E-state index < -0.39 is 10.0 Å². The second-order valence-corrected chi connectivity index (χ2v) is 6.24. The molecule has 6 nitrogen and oxygen atoms in total. The van der Waals surface area contributed by atoms with Crippen molar-refractivity contribution in [1.82, 2.24) is 10.2 Å². The first-order valence-electron chi connectivity index (χ1n) is 5.39. The molecule has 1 aromatic heterocycles. The Morgan fingerprint density at radius 3 is 2.58 bits per heavy atom. The van der Waals surface area contributed by atoms with Crippen LogP contribution >= 0.6 is 11.6 Å². The zero-order chi connectivity index (χ0) is 14.2. The van der Waals surface area contributed by atoms with Crippen LogP contribution < -0.4 is 10.5 Å². The Bertz CT molecular complexity index is 701. The van der Waals surface area contributed by atoms with Gasteiger partial charge in [0, 0.05) is 16.3 Å². The largest absolute Gasteiger partial charge is 0.398 e. The van der Waals surface area contributed by atoms with Crippen LogP contribution in [-0.4, -0.2) is 18.6 Å². The summed E-state index contributed by atoms with van der Waals surface area (Å²) in [6.45, 7) is 3.46. The van der Waals surface area contributed by atoms with Gasteiger partial charge in [-0.2, -0.15) is 5.10 Å². The van der Waals surface area contributed by atoms with Crippen LogP contribution in [0.15, 0.2) is 23.2 Å². The van der Waals surface area contributed by atoms with Crippen molar-refractivity contribution in [1.29, 1.82) is 0 Å². The number of rotatable bonds is 3. The lowest BCUT2D eigenvalue weighted by Crippen LogP contribution is -2.14. The van der Waals surface area contributed by atoms with E-state index in [1.807, 2.05) is 0 Å². The lowest BCUT2D eigenvalue weighted by molar-refractivity contribution is 0.601. The molecule has 0 aliphatic carbocycles. The Labute approximate surface area is 116 Å². The molecule has 1 aromatic carbocycles. The second kappa shape index (κ2) is 4.75. The number of hydrogen-bond donors (Lipinski definition) is 3. The van der Waals surface area contributed by atoms with E-state index in [9.17, 15) is 8.42 Å². The summed E-state index contributed by atoms with van der Waals surface area (Å²) in [7, 11) is -3.75. The Balaban J connectivity index is 2.43. The molecule has 0 aliphatic heterocycles. The molecule has 0 saturated carbocycles. The first-order chi connectivity index (χ1) is 8.81. The molecule has 0 amide bonds. The molecular weight excluding hydrogens is 288 g/mol. The summed E-state index contributed by atoms with van der Waals surface area (Å²) in [5, 5.41) is 6.62. The molecule has 0 atom stereocenters. The molecule has 0 spiro atoms. The number of sulfonamides is 1. The molecule has 0 saturated heterocycles. The van der Waals surface area contributed by atoms with Crippen molar-refractivity contribution in [2.75, 3.05) is 10.5 Å². The number of benzene rings is 1. The number of aromatic nitrogens is 2. The minimum Gasteiger partial charge on any atom is -0.398 e. The van der Waals surface area contributed by atoms with Gasteiger partial charge < -0.3 is 5.73 Å². The minimum atomic E-state index is -3.75. The molecule has 0 aliphatic rings. The van der Waals surface area contributed by atoms with Crippen LogP contribution in [-0.2, 0) is 10.0 Å². The van der Waals surface area contributed by atoms with Crippen molar-refractivity contribution in [2.45, 2.75) is 18.7 Å². The summed E-state index contributed by atoms with van der Waals surface area (Å²) in [6.07, 6.45) is 1.52. The van der Waals surface area contributed by atoms with Crippen LogP contribution in [0.3, 0.4) is 0 Å². The number of nitrogens with zero attached hydrogens (tertiary/aromatic N) is 1. The van der Waals surface area contributed by atoms with Gasteiger partial charge in [0.05, 0.1) is 11.1 Å². The van der Waals surface area contributed by atoms with Gasteiger partial charge in [-0.05, 0) is 31.5 Å². The van der Waals surface area contributed by atoms with Crippen LogP contribution in [0.2, 0.25) is 5.02 Å². The van der Waals surface area contributed by atoms with Crippen LogP contribution in [0.5, 0.6) is 0 Å². The van der Waals surface area contributed by atoms with Crippen molar-refractivity contribution >= 4 is 33.1 Å². The smallest absolute Gasteiger partial charge is 0.263 e. The molecule has 0 bridgehead atoms. The van der Waals surface area contributed by atoms with Crippen molar-refractivity contribution in [3.63, 3.8) is 0 Å². The summed E-state index contributed by atoms with van der Waals surface area (Å²) in [6, 6.07) is 2.73. The van der Waals surface area contributed by atoms with Gasteiger partial charge in [-0.15, -0.1) is 0 Å². The zero-order valence-electron chi connectivity index (χ0n) is 10.4. The Hall–Kier alpha value is -1.73. The number of anilines is 2. The topological polar surface area (TPSA) is 101 Å². The van der Waals surface area contributed by atoms with Crippen molar-refractivity contribution in [2.24, 2.45) is 0 Å². The minimum absolute atomic E-state index is 0.00889. The lowest BCUT2D eigenvalue weighted by Gasteiger charge is -2.10. The third-order valence-electron chi connectivity index (χ3n) is 2.73. The average Bonchev–Trinajstić information content (AvgIpc) is 2.70. The van der Waals surface area contributed by atoms with E-state index >= 15 is 0 Å². The summed E-state index contributed by atoms with van der Waals surface area (Å²) >= 11 is 5.95. The van der Waals surface area contributed by atoms with Gasteiger partial charge in [0.25, 0.3) is 10.0 Å². The summed E-state index contributed by atoms with van der Waals surface area (Å²) in [5.74, 6) is 0.315. The normalized spacial score (nSPS) is 11.5.